The first kappa shape index (κ1) is 21.3. The van der Waals surface area contributed by atoms with Gasteiger partial charge in [0, 0.05) is 17.1 Å². The maximum atomic E-state index is 12.4. The smallest absolute Gasteiger partial charge is 0.231 e. The van der Waals surface area contributed by atoms with Gasteiger partial charge < -0.3 is 20.1 Å². The number of hydrogen-bond donors (Lipinski definition) is 2. The molecule has 0 aromatic heterocycles. The normalized spacial score (nSPS) is 12.6. The zero-order valence-corrected chi connectivity index (χ0v) is 18.0. The summed E-state index contributed by atoms with van der Waals surface area (Å²) in [6.45, 7) is -0.528. The zero-order chi connectivity index (χ0) is 21.8. The van der Waals surface area contributed by atoms with Gasteiger partial charge in [-0.1, -0.05) is 23.7 Å². The molecule has 31 heavy (non-hydrogen) atoms. The average Bonchev–Trinajstić information content (AvgIpc) is 3.24. The number of benzene rings is 3. The average molecular weight is 462 g/mol. The molecule has 0 saturated carbocycles. The van der Waals surface area contributed by atoms with Gasteiger partial charge in [0.1, 0.15) is 5.69 Å². The monoisotopic (exact) mass is 461 g/mol. The van der Waals surface area contributed by atoms with Gasteiger partial charge in [-0.3, -0.25) is 4.39 Å². The lowest BCUT2D eigenvalue weighted by molar-refractivity contribution is 0.174. The third kappa shape index (κ3) is 4.86. The quantitative estimate of drug-likeness (QED) is 0.449. The summed E-state index contributed by atoms with van der Waals surface area (Å²) in [4.78, 5) is 0.156. The lowest BCUT2D eigenvalue weighted by Gasteiger charge is -2.13. The van der Waals surface area contributed by atoms with E-state index in [4.69, 9.17) is 21.1 Å². The molecule has 1 aliphatic heterocycles. The molecule has 0 spiro atoms. The van der Waals surface area contributed by atoms with Crippen LogP contribution in [0.25, 0.3) is 0 Å². The first-order valence-electron chi connectivity index (χ1n) is 9.57. The van der Waals surface area contributed by atoms with E-state index >= 15 is 0 Å². The zero-order valence-electron chi connectivity index (χ0n) is 16.4. The molecule has 2 N–H and O–H groups in total. The molecule has 0 saturated heterocycles. The summed E-state index contributed by atoms with van der Waals surface area (Å²) in [5.41, 5.74) is 2.70. The highest BCUT2D eigenvalue weighted by atomic mass is 35.5. The van der Waals surface area contributed by atoms with Gasteiger partial charge in [-0.2, -0.15) is 0 Å². The van der Waals surface area contributed by atoms with Crippen molar-refractivity contribution in [3.8, 4) is 11.5 Å². The largest absolute Gasteiger partial charge is 0.454 e. The fraction of sp³-hybridized carbons (Fsp3) is 0.182. The Hall–Kier alpha value is -2.97. The van der Waals surface area contributed by atoms with E-state index in [0.29, 0.717) is 27.9 Å². The van der Waals surface area contributed by atoms with Gasteiger partial charge in [-0.25, -0.2) is 8.42 Å². The molecule has 0 unspecified atom stereocenters. The second kappa shape index (κ2) is 9.03. The summed E-state index contributed by atoms with van der Waals surface area (Å²) in [5.74, 6) is 0.948. The molecule has 0 atom stereocenters. The molecule has 1 heterocycles. The van der Waals surface area contributed by atoms with Crippen LogP contribution < -0.4 is 20.1 Å². The van der Waals surface area contributed by atoms with E-state index in [-0.39, 0.29) is 23.9 Å². The van der Waals surface area contributed by atoms with Gasteiger partial charge in [0.15, 0.2) is 21.3 Å². The van der Waals surface area contributed by atoms with Crippen LogP contribution in [0.1, 0.15) is 6.42 Å². The van der Waals surface area contributed by atoms with Crippen molar-refractivity contribution in [1.29, 1.82) is 0 Å². The maximum absolute atomic E-state index is 12.4. The van der Waals surface area contributed by atoms with Crippen LogP contribution in [-0.2, 0) is 9.84 Å². The van der Waals surface area contributed by atoms with Crippen molar-refractivity contribution in [2.24, 2.45) is 0 Å². The van der Waals surface area contributed by atoms with Crippen LogP contribution >= 0.6 is 11.6 Å². The second-order valence-corrected chi connectivity index (χ2v) is 9.39. The molecule has 3 aromatic rings. The third-order valence-electron chi connectivity index (χ3n) is 4.65. The number of ether oxygens (including phenoxy) is 2. The molecule has 9 heteroatoms. The van der Waals surface area contributed by atoms with Gasteiger partial charge in [-0.05, 0) is 55.0 Å². The summed E-state index contributed by atoms with van der Waals surface area (Å²) in [5, 5.41) is 6.94. The minimum Gasteiger partial charge on any atom is -0.454 e. The first-order valence-corrected chi connectivity index (χ1v) is 11.6. The Labute approximate surface area is 184 Å². The van der Waals surface area contributed by atoms with Gasteiger partial charge in [0.25, 0.3) is 0 Å². The Balaban J connectivity index is 1.54. The molecule has 4 rings (SSSR count). The Kier molecular flexibility index (Phi) is 6.20. The molecule has 6 nitrogen and oxygen atoms in total. The van der Waals surface area contributed by atoms with Crippen molar-refractivity contribution in [1.82, 2.24) is 0 Å². The number of alkyl halides is 1. The van der Waals surface area contributed by atoms with Crippen molar-refractivity contribution in [3.05, 3.63) is 65.7 Å². The fourth-order valence-electron chi connectivity index (χ4n) is 3.18. The van der Waals surface area contributed by atoms with Gasteiger partial charge in [0.05, 0.1) is 22.3 Å². The topological polar surface area (TPSA) is 76.7 Å². The van der Waals surface area contributed by atoms with Gasteiger partial charge in [0.2, 0.25) is 6.79 Å². The molecule has 1 aliphatic rings. The highest BCUT2D eigenvalue weighted by molar-refractivity contribution is 7.91. The van der Waals surface area contributed by atoms with Crippen molar-refractivity contribution >= 4 is 44.2 Å². The van der Waals surface area contributed by atoms with E-state index in [1.807, 2.05) is 24.3 Å². The van der Waals surface area contributed by atoms with Crippen molar-refractivity contribution in [3.63, 3.8) is 0 Å². The second-order valence-electron chi connectivity index (χ2n) is 6.88. The Morgan fingerprint density at radius 3 is 2.42 bits per heavy atom. The Bertz CT molecular complexity index is 1200. The van der Waals surface area contributed by atoms with Crippen LogP contribution in [0.3, 0.4) is 0 Å². The number of sulfone groups is 1. The van der Waals surface area contributed by atoms with Crippen LogP contribution in [0.5, 0.6) is 11.5 Å². The predicted molar refractivity (Wildman–Crippen MR) is 120 cm³/mol. The van der Waals surface area contributed by atoms with Crippen LogP contribution in [0.2, 0.25) is 5.02 Å². The number of fused-ring (bicyclic) bond motifs is 1. The minimum absolute atomic E-state index is 0.0196. The molecule has 0 bridgehead atoms. The van der Waals surface area contributed by atoms with Crippen LogP contribution in [0.4, 0.5) is 27.1 Å². The van der Waals surface area contributed by atoms with Gasteiger partial charge >= 0.3 is 0 Å². The standard InChI is InChI=1S/C22H20ClFN2O4S/c23-19-8-9-20-22(30-14-29-20)21(19)26-16-5-1-4-15(12-16)25-17-6-2-7-18(13-17)31(27,28)11-3-10-24/h1-2,4-9,12-13,25-26H,3,10-11,14H2/i24-1. The number of hydrogen-bond acceptors (Lipinski definition) is 6. The molecular formula is C22H20ClFN2O4S. The summed E-state index contributed by atoms with van der Waals surface area (Å²) in [7, 11) is -3.53. The summed E-state index contributed by atoms with van der Waals surface area (Å²) < 4.78 is 48.0. The minimum atomic E-state index is -3.53. The highest BCUT2D eigenvalue weighted by Gasteiger charge is 2.20. The summed E-state index contributed by atoms with van der Waals surface area (Å²) in [6.07, 6.45) is -0.0196. The Morgan fingerprint density at radius 2 is 1.65 bits per heavy atom. The van der Waals surface area contributed by atoms with E-state index in [1.165, 1.54) is 6.07 Å². The predicted octanol–water partition coefficient (Wildman–Crippen LogP) is 5.69. The number of anilines is 4. The van der Waals surface area contributed by atoms with E-state index in [2.05, 4.69) is 10.6 Å². The molecule has 162 valence electrons. The molecule has 3 aromatic carbocycles. The first-order chi connectivity index (χ1) is 15.0. The number of halogens is 2. The summed E-state index contributed by atoms with van der Waals surface area (Å²) in [6, 6.07) is 17.4. The van der Waals surface area contributed by atoms with E-state index in [1.54, 1.807) is 30.3 Å². The SMILES string of the molecule is O=S(=O)(CCC[18F])c1cccc(Nc2cccc(Nc3c(Cl)ccc4c3OCO4)c2)c1. The fourth-order valence-corrected chi connectivity index (χ4v) is 4.69. The molecule has 0 fully saturated rings. The van der Waals surface area contributed by atoms with E-state index in [9.17, 15) is 12.8 Å². The van der Waals surface area contributed by atoms with Crippen LogP contribution in [-0.4, -0.2) is 27.6 Å². The molecular weight excluding hydrogens is 442 g/mol. The van der Waals surface area contributed by atoms with Crippen molar-refractivity contribution < 1.29 is 22.3 Å². The van der Waals surface area contributed by atoms with Gasteiger partial charge in [-0.15, -0.1) is 0 Å². The number of nitrogens with one attached hydrogen (secondary N) is 2. The molecule has 0 amide bonds. The third-order valence-corrected chi connectivity index (χ3v) is 6.76. The Morgan fingerprint density at radius 1 is 0.935 bits per heavy atom. The lowest BCUT2D eigenvalue weighted by Crippen LogP contribution is -2.07. The van der Waals surface area contributed by atoms with Crippen LogP contribution in [0, 0.1) is 0 Å². The number of rotatable bonds is 8. The maximum Gasteiger partial charge on any atom is 0.231 e. The molecule has 0 aliphatic carbocycles. The van der Waals surface area contributed by atoms with E-state index < -0.39 is 16.5 Å². The summed E-state index contributed by atoms with van der Waals surface area (Å²) >= 11 is 6.33. The highest BCUT2D eigenvalue weighted by Crippen LogP contribution is 2.44. The van der Waals surface area contributed by atoms with Crippen molar-refractivity contribution in [2.45, 2.75) is 11.3 Å². The van der Waals surface area contributed by atoms with Crippen molar-refractivity contribution in [2.75, 3.05) is 29.9 Å². The van der Waals surface area contributed by atoms with E-state index in [0.717, 1.165) is 11.4 Å². The molecule has 0 radical (unpaired) electrons. The lowest BCUT2D eigenvalue weighted by atomic mass is 10.2. The van der Waals surface area contributed by atoms with Crippen LogP contribution in [0.15, 0.2) is 65.6 Å².